The van der Waals surface area contributed by atoms with Crippen molar-refractivity contribution in [1.29, 1.82) is 0 Å². The summed E-state index contributed by atoms with van der Waals surface area (Å²) in [5.74, 6) is 0.428. The van der Waals surface area contributed by atoms with Crippen molar-refractivity contribution in [2.45, 2.75) is 13.5 Å². The molecule has 1 aromatic carbocycles. The van der Waals surface area contributed by atoms with Crippen LogP contribution in [0.15, 0.2) is 30.3 Å². The molecule has 16 heavy (non-hydrogen) atoms. The van der Waals surface area contributed by atoms with Crippen LogP contribution in [-0.2, 0) is 11.3 Å². The molecule has 0 fully saturated rings. The maximum atomic E-state index is 5.26. The third kappa shape index (κ3) is 2.64. The number of hydrogen-bond acceptors (Lipinski definition) is 4. The van der Waals surface area contributed by atoms with E-state index >= 15 is 0 Å². The Morgan fingerprint density at radius 2 is 2.06 bits per heavy atom. The van der Waals surface area contributed by atoms with E-state index in [2.05, 4.69) is 36.7 Å². The number of hydrogen-bond donors (Lipinski definition) is 1. The van der Waals surface area contributed by atoms with Crippen molar-refractivity contribution in [2.75, 3.05) is 5.94 Å². The van der Waals surface area contributed by atoms with Crippen LogP contribution in [0.25, 0.3) is 10.6 Å². The van der Waals surface area contributed by atoms with Crippen molar-refractivity contribution >= 4 is 24.0 Å². The lowest BCUT2D eigenvalue weighted by molar-refractivity contribution is 0.167. The van der Waals surface area contributed by atoms with Crippen molar-refractivity contribution < 1.29 is 4.74 Å². The molecule has 2 aromatic rings. The van der Waals surface area contributed by atoms with Gasteiger partial charge in [0.2, 0.25) is 0 Å². The molecule has 0 radical (unpaired) electrons. The third-order valence-corrected chi connectivity index (χ3v) is 3.49. The molecular formula is C12H13NOS2. The molecule has 84 valence electrons. The quantitative estimate of drug-likeness (QED) is 0.663. The van der Waals surface area contributed by atoms with Gasteiger partial charge in [0.25, 0.3) is 0 Å². The summed E-state index contributed by atoms with van der Waals surface area (Å²) < 4.78 is 5.26. The topological polar surface area (TPSA) is 22.1 Å². The zero-order valence-electron chi connectivity index (χ0n) is 9.01. The molecule has 0 spiro atoms. The molecule has 0 aliphatic heterocycles. The van der Waals surface area contributed by atoms with Crippen molar-refractivity contribution in [3.05, 3.63) is 40.9 Å². The second kappa shape index (κ2) is 5.48. The van der Waals surface area contributed by atoms with Gasteiger partial charge in [-0.15, -0.1) is 11.3 Å². The Kier molecular flexibility index (Phi) is 3.98. The molecule has 2 nitrogen and oxygen atoms in total. The highest BCUT2D eigenvalue weighted by Gasteiger charge is 2.08. The standard InChI is InChI=1S/C12H13NOS2/c1-9-11(7-14-8-15)13-12(16-9)10-5-3-2-4-6-10/h2-6,15H,7-8H2,1H3. The Labute approximate surface area is 105 Å². The summed E-state index contributed by atoms with van der Waals surface area (Å²) in [6.07, 6.45) is 0. The van der Waals surface area contributed by atoms with Crippen molar-refractivity contribution in [3.63, 3.8) is 0 Å². The molecule has 2 rings (SSSR count). The van der Waals surface area contributed by atoms with Crippen LogP contribution in [0.3, 0.4) is 0 Å². The molecule has 0 unspecified atom stereocenters. The first-order valence-corrected chi connectivity index (χ1v) is 6.46. The minimum Gasteiger partial charge on any atom is -0.365 e. The maximum absolute atomic E-state index is 5.26. The molecule has 0 N–H and O–H groups in total. The molecule has 0 aliphatic rings. The van der Waals surface area contributed by atoms with Gasteiger partial charge in [-0.25, -0.2) is 4.98 Å². The Bertz CT molecular complexity index is 453. The van der Waals surface area contributed by atoms with Gasteiger partial charge in [-0.05, 0) is 6.92 Å². The molecule has 4 heteroatoms. The van der Waals surface area contributed by atoms with Gasteiger partial charge in [0.1, 0.15) is 5.01 Å². The summed E-state index contributed by atoms with van der Waals surface area (Å²) >= 11 is 5.72. The van der Waals surface area contributed by atoms with Gasteiger partial charge in [0.15, 0.2) is 0 Å². The summed E-state index contributed by atoms with van der Waals surface area (Å²) in [4.78, 5) is 5.79. The molecule has 1 aromatic heterocycles. The van der Waals surface area contributed by atoms with Crippen LogP contribution in [0.2, 0.25) is 0 Å². The summed E-state index contributed by atoms with van der Waals surface area (Å²) in [6, 6.07) is 10.2. The molecule has 1 heterocycles. The minimum atomic E-state index is 0.428. The summed E-state index contributed by atoms with van der Waals surface area (Å²) in [5.41, 5.74) is 2.17. The fourth-order valence-corrected chi connectivity index (χ4v) is 2.42. The smallest absolute Gasteiger partial charge is 0.123 e. The largest absolute Gasteiger partial charge is 0.365 e. The van der Waals surface area contributed by atoms with E-state index in [-0.39, 0.29) is 0 Å². The van der Waals surface area contributed by atoms with Gasteiger partial charge in [0, 0.05) is 10.4 Å². The van der Waals surface area contributed by atoms with Crippen LogP contribution in [0.4, 0.5) is 0 Å². The van der Waals surface area contributed by atoms with Gasteiger partial charge in [-0.3, -0.25) is 0 Å². The Hall–Kier alpha value is -0.840. The average Bonchev–Trinajstić information content (AvgIpc) is 2.69. The highest BCUT2D eigenvalue weighted by molar-refractivity contribution is 7.80. The van der Waals surface area contributed by atoms with E-state index in [4.69, 9.17) is 4.74 Å². The number of rotatable bonds is 4. The van der Waals surface area contributed by atoms with Crippen LogP contribution in [0.1, 0.15) is 10.6 Å². The van der Waals surface area contributed by atoms with E-state index in [1.165, 1.54) is 4.88 Å². The summed E-state index contributed by atoms with van der Waals surface area (Å²) in [7, 11) is 0. The minimum absolute atomic E-state index is 0.428. The number of nitrogens with zero attached hydrogens (tertiary/aromatic N) is 1. The van der Waals surface area contributed by atoms with Gasteiger partial charge >= 0.3 is 0 Å². The van der Waals surface area contributed by atoms with Crippen molar-refractivity contribution in [3.8, 4) is 10.6 Å². The predicted molar refractivity (Wildman–Crippen MR) is 70.9 cm³/mol. The highest BCUT2D eigenvalue weighted by atomic mass is 32.1. The maximum Gasteiger partial charge on any atom is 0.123 e. The average molecular weight is 251 g/mol. The molecule has 0 amide bonds. The number of thiol groups is 1. The molecule has 0 bridgehead atoms. The molecule has 0 aliphatic carbocycles. The Morgan fingerprint density at radius 3 is 2.75 bits per heavy atom. The Balaban J connectivity index is 2.24. The normalized spacial score (nSPS) is 10.6. The van der Waals surface area contributed by atoms with Crippen LogP contribution in [-0.4, -0.2) is 10.9 Å². The number of aryl methyl sites for hydroxylation is 1. The molecular weight excluding hydrogens is 238 g/mol. The number of ether oxygens (including phenoxy) is 1. The first-order chi connectivity index (χ1) is 7.81. The van der Waals surface area contributed by atoms with Crippen molar-refractivity contribution in [2.24, 2.45) is 0 Å². The fraction of sp³-hybridized carbons (Fsp3) is 0.250. The van der Waals surface area contributed by atoms with E-state index in [0.29, 0.717) is 12.5 Å². The van der Waals surface area contributed by atoms with Gasteiger partial charge in [0.05, 0.1) is 18.2 Å². The first kappa shape index (κ1) is 11.6. The number of benzene rings is 1. The zero-order valence-corrected chi connectivity index (χ0v) is 10.7. The van der Waals surface area contributed by atoms with Crippen LogP contribution >= 0.6 is 24.0 Å². The second-order valence-electron chi connectivity index (χ2n) is 3.37. The second-order valence-corrected chi connectivity index (χ2v) is 4.83. The van der Waals surface area contributed by atoms with Gasteiger partial charge in [-0.1, -0.05) is 30.3 Å². The van der Waals surface area contributed by atoms with Crippen LogP contribution in [0.5, 0.6) is 0 Å². The van der Waals surface area contributed by atoms with Crippen LogP contribution in [0, 0.1) is 6.92 Å². The van der Waals surface area contributed by atoms with Crippen LogP contribution < -0.4 is 0 Å². The summed E-state index contributed by atoms with van der Waals surface area (Å²) in [5, 5.41) is 1.05. The van der Waals surface area contributed by atoms with E-state index in [0.717, 1.165) is 16.3 Å². The Morgan fingerprint density at radius 1 is 1.31 bits per heavy atom. The van der Waals surface area contributed by atoms with E-state index in [1.54, 1.807) is 11.3 Å². The fourth-order valence-electron chi connectivity index (χ4n) is 1.41. The molecule has 0 atom stereocenters. The lowest BCUT2D eigenvalue weighted by Crippen LogP contribution is -1.92. The molecule has 0 saturated carbocycles. The van der Waals surface area contributed by atoms with E-state index in [1.807, 2.05) is 18.2 Å². The number of thiazole rings is 1. The monoisotopic (exact) mass is 251 g/mol. The lowest BCUT2D eigenvalue weighted by atomic mass is 10.2. The van der Waals surface area contributed by atoms with Gasteiger partial charge in [-0.2, -0.15) is 12.6 Å². The predicted octanol–water partition coefficient (Wildman–Crippen LogP) is 3.52. The lowest BCUT2D eigenvalue weighted by Gasteiger charge is -1.97. The van der Waals surface area contributed by atoms with E-state index < -0.39 is 0 Å². The molecule has 0 saturated heterocycles. The first-order valence-electron chi connectivity index (χ1n) is 5.01. The summed E-state index contributed by atoms with van der Waals surface area (Å²) in [6.45, 7) is 2.61. The number of aromatic nitrogens is 1. The zero-order chi connectivity index (χ0) is 11.4. The van der Waals surface area contributed by atoms with Gasteiger partial charge < -0.3 is 4.74 Å². The van der Waals surface area contributed by atoms with Crippen molar-refractivity contribution in [1.82, 2.24) is 4.98 Å². The van der Waals surface area contributed by atoms with E-state index in [9.17, 15) is 0 Å². The third-order valence-electron chi connectivity index (χ3n) is 2.24. The highest BCUT2D eigenvalue weighted by Crippen LogP contribution is 2.27. The SMILES string of the molecule is Cc1sc(-c2ccccc2)nc1COCS.